The Bertz CT molecular complexity index is 425. The highest BCUT2D eigenvalue weighted by Gasteiger charge is 2.13. The third kappa shape index (κ3) is 4.53. The Labute approximate surface area is 131 Å². The molecule has 0 unspecified atom stereocenters. The first-order valence-electron chi connectivity index (χ1n) is 6.51. The monoisotopic (exact) mass is 308 g/mol. The van der Waals surface area contributed by atoms with Crippen LogP contribution in [0.2, 0.25) is 0 Å². The van der Waals surface area contributed by atoms with Crippen molar-refractivity contribution in [2.45, 2.75) is 9.79 Å². The second-order valence-corrected chi connectivity index (χ2v) is 6.90. The molecule has 0 aliphatic rings. The van der Waals surface area contributed by atoms with Gasteiger partial charge in [0.2, 0.25) is 0 Å². The van der Waals surface area contributed by atoms with Gasteiger partial charge in [-0.1, -0.05) is 12.2 Å². The number of hydrogen-bond donors (Lipinski definition) is 0. The predicted molar refractivity (Wildman–Crippen MR) is 96.9 cm³/mol. The first-order chi connectivity index (χ1) is 9.51. The van der Waals surface area contributed by atoms with E-state index in [0.29, 0.717) is 0 Å². The number of anilines is 2. The predicted octanol–water partition coefficient (Wildman–Crippen LogP) is 4.37. The lowest BCUT2D eigenvalue weighted by Crippen LogP contribution is -2.17. The minimum atomic E-state index is 0.926. The zero-order chi connectivity index (χ0) is 15.1. The summed E-state index contributed by atoms with van der Waals surface area (Å²) in [5, 5.41) is 0. The molecule has 0 amide bonds. The molecule has 0 N–H and O–H groups in total. The Morgan fingerprint density at radius 3 is 1.45 bits per heavy atom. The molecule has 1 aromatic carbocycles. The van der Waals surface area contributed by atoms with E-state index in [9.17, 15) is 0 Å². The number of benzene rings is 1. The van der Waals surface area contributed by atoms with Gasteiger partial charge in [0.25, 0.3) is 0 Å². The van der Waals surface area contributed by atoms with Crippen LogP contribution in [0.25, 0.3) is 0 Å². The molecule has 0 aliphatic carbocycles. The van der Waals surface area contributed by atoms with Gasteiger partial charge in [0, 0.05) is 49.5 Å². The van der Waals surface area contributed by atoms with Crippen LogP contribution in [0.4, 0.5) is 11.4 Å². The van der Waals surface area contributed by atoms with Crippen molar-refractivity contribution >= 4 is 34.9 Å². The second-order valence-electron chi connectivity index (χ2n) is 4.78. The molecule has 0 bridgehead atoms. The van der Waals surface area contributed by atoms with Crippen molar-refractivity contribution in [1.82, 2.24) is 0 Å². The van der Waals surface area contributed by atoms with Crippen LogP contribution in [0.5, 0.6) is 0 Å². The van der Waals surface area contributed by atoms with E-state index >= 15 is 0 Å². The zero-order valence-electron chi connectivity index (χ0n) is 12.8. The molecule has 4 heteroatoms. The summed E-state index contributed by atoms with van der Waals surface area (Å²) in [6.45, 7) is 7.62. The van der Waals surface area contributed by atoms with Crippen LogP contribution in [0.3, 0.4) is 0 Å². The number of thioether (sulfide) groups is 2. The van der Waals surface area contributed by atoms with Crippen LogP contribution >= 0.6 is 23.5 Å². The largest absolute Gasteiger partial charge is 0.376 e. The van der Waals surface area contributed by atoms with Crippen molar-refractivity contribution in [2.75, 3.05) is 49.5 Å². The SMILES string of the molecule is C=CCSc1cc(N(C)C)c(N(C)C)cc1SCC=C. The normalized spacial score (nSPS) is 10.2. The van der Waals surface area contributed by atoms with Gasteiger partial charge in [-0.3, -0.25) is 0 Å². The molecule has 1 rings (SSSR count). The lowest BCUT2D eigenvalue weighted by molar-refractivity contribution is 1.05. The van der Waals surface area contributed by atoms with E-state index in [4.69, 9.17) is 0 Å². The van der Waals surface area contributed by atoms with Gasteiger partial charge in [0.15, 0.2) is 0 Å². The van der Waals surface area contributed by atoms with E-state index in [1.165, 1.54) is 21.2 Å². The van der Waals surface area contributed by atoms with Gasteiger partial charge in [0.1, 0.15) is 0 Å². The Hall–Kier alpha value is -1.00. The maximum absolute atomic E-state index is 3.81. The van der Waals surface area contributed by atoms with E-state index in [0.717, 1.165) is 11.5 Å². The summed E-state index contributed by atoms with van der Waals surface area (Å²) in [5.74, 6) is 1.85. The van der Waals surface area contributed by atoms with Gasteiger partial charge >= 0.3 is 0 Å². The molecule has 20 heavy (non-hydrogen) atoms. The number of nitrogens with zero attached hydrogens (tertiary/aromatic N) is 2. The van der Waals surface area contributed by atoms with E-state index in [2.05, 4.69) is 63.3 Å². The Balaban J connectivity index is 3.26. The molecule has 0 radical (unpaired) electrons. The summed E-state index contributed by atoms with van der Waals surface area (Å²) in [5.41, 5.74) is 2.48. The Morgan fingerprint density at radius 2 is 1.20 bits per heavy atom. The van der Waals surface area contributed by atoms with Crippen LogP contribution < -0.4 is 9.80 Å². The van der Waals surface area contributed by atoms with Crippen LogP contribution in [-0.4, -0.2) is 39.7 Å². The van der Waals surface area contributed by atoms with Crippen molar-refractivity contribution in [1.29, 1.82) is 0 Å². The average Bonchev–Trinajstić information content (AvgIpc) is 2.42. The van der Waals surface area contributed by atoms with Gasteiger partial charge < -0.3 is 9.80 Å². The van der Waals surface area contributed by atoms with Crippen LogP contribution in [0.15, 0.2) is 47.2 Å². The molecule has 0 aromatic heterocycles. The first-order valence-corrected chi connectivity index (χ1v) is 8.48. The highest BCUT2D eigenvalue weighted by atomic mass is 32.2. The van der Waals surface area contributed by atoms with Gasteiger partial charge in [-0.05, 0) is 12.1 Å². The molecular formula is C16H24N2S2. The van der Waals surface area contributed by atoms with Gasteiger partial charge in [-0.25, -0.2) is 0 Å². The van der Waals surface area contributed by atoms with E-state index in [1.807, 2.05) is 35.7 Å². The molecule has 0 saturated heterocycles. The fourth-order valence-corrected chi connectivity index (χ4v) is 3.52. The molecule has 0 spiro atoms. The van der Waals surface area contributed by atoms with Crippen LogP contribution in [0, 0.1) is 0 Å². The van der Waals surface area contributed by atoms with E-state index in [-0.39, 0.29) is 0 Å². The smallest absolute Gasteiger partial charge is 0.0610 e. The zero-order valence-corrected chi connectivity index (χ0v) is 14.5. The lowest BCUT2D eigenvalue weighted by atomic mass is 10.2. The summed E-state index contributed by atoms with van der Waals surface area (Å²) in [7, 11) is 8.34. The van der Waals surface area contributed by atoms with E-state index in [1.54, 1.807) is 0 Å². The lowest BCUT2D eigenvalue weighted by Gasteiger charge is -2.25. The third-order valence-corrected chi connectivity index (χ3v) is 4.95. The second kappa shape index (κ2) is 8.32. The quantitative estimate of drug-likeness (QED) is 0.519. The summed E-state index contributed by atoms with van der Waals surface area (Å²) < 4.78 is 0. The van der Waals surface area contributed by atoms with Crippen LogP contribution in [0.1, 0.15) is 0 Å². The van der Waals surface area contributed by atoms with Crippen molar-refractivity contribution in [3.05, 3.63) is 37.4 Å². The molecule has 0 aliphatic heterocycles. The van der Waals surface area contributed by atoms with Crippen molar-refractivity contribution in [2.24, 2.45) is 0 Å². The number of rotatable bonds is 8. The Kier molecular flexibility index (Phi) is 7.10. The standard InChI is InChI=1S/C16H24N2S2/c1-7-9-19-15-11-13(17(3)4)14(18(5)6)12-16(15)20-10-8-2/h7-8,11-12H,1-2,9-10H2,3-6H3. The molecule has 2 nitrogen and oxygen atoms in total. The summed E-state index contributed by atoms with van der Waals surface area (Å²) in [4.78, 5) is 6.95. The summed E-state index contributed by atoms with van der Waals surface area (Å²) in [6.07, 6.45) is 3.89. The number of hydrogen-bond acceptors (Lipinski definition) is 4. The molecule has 0 saturated carbocycles. The highest BCUT2D eigenvalue weighted by Crippen LogP contribution is 2.39. The first kappa shape index (κ1) is 17.1. The van der Waals surface area contributed by atoms with Gasteiger partial charge in [-0.2, -0.15) is 0 Å². The van der Waals surface area contributed by atoms with Crippen molar-refractivity contribution in [3.8, 4) is 0 Å². The minimum Gasteiger partial charge on any atom is -0.376 e. The fourth-order valence-electron chi connectivity index (χ4n) is 1.78. The maximum atomic E-state index is 3.81. The van der Waals surface area contributed by atoms with Crippen molar-refractivity contribution in [3.63, 3.8) is 0 Å². The summed E-state index contributed by atoms with van der Waals surface area (Å²) >= 11 is 3.66. The topological polar surface area (TPSA) is 6.48 Å². The molecule has 0 fully saturated rings. The fraction of sp³-hybridized carbons (Fsp3) is 0.375. The van der Waals surface area contributed by atoms with Gasteiger partial charge in [-0.15, -0.1) is 36.7 Å². The van der Waals surface area contributed by atoms with Crippen LogP contribution in [-0.2, 0) is 0 Å². The molecule has 0 heterocycles. The average molecular weight is 309 g/mol. The molecule has 1 aromatic rings. The molecule has 0 atom stereocenters. The third-order valence-electron chi connectivity index (χ3n) is 2.72. The molecular weight excluding hydrogens is 284 g/mol. The minimum absolute atomic E-state index is 0.926. The maximum Gasteiger partial charge on any atom is 0.0610 e. The summed E-state index contributed by atoms with van der Waals surface area (Å²) in [6, 6.07) is 4.55. The van der Waals surface area contributed by atoms with Crippen molar-refractivity contribution < 1.29 is 0 Å². The Morgan fingerprint density at radius 1 is 0.850 bits per heavy atom. The van der Waals surface area contributed by atoms with E-state index < -0.39 is 0 Å². The molecule has 110 valence electrons. The highest BCUT2D eigenvalue weighted by molar-refractivity contribution is 8.02. The van der Waals surface area contributed by atoms with Gasteiger partial charge in [0.05, 0.1) is 11.4 Å².